The van der Waals surface area contributed by atoms with Gasteiger partial charge in [0.1, 0.15) is 0 Å². The van der Waals surface area contributed by atoms with Gasteiger partial charge < -0.3 is 4.74 Å². The van der Waals surface area contributed by atoms with Crippen molar-refractivity contribution < 1.29 is 4.74 Å². The summed E-state index contributed by atoms with van der Waals surface area (Å²) in [6.45, 7) is 0. The number of rotatable bonds is 0. The Labute approximate surface area is 80.5 Å². The van der Waals surface area contributed by atoms with Crippen molar-refractivity contribution >= 4 is 0 Å². The molecule has 1 nitrogen and oxygen atoms in total. The summed E-state index contributed by atoms with van der Waals surface area (Å²) in [5.41, 5.74) is 0. The molecule has 1 fully saturated rings. The first kappa shape index (κ1) is 9.01. The molecule has 0 aromatic carbocycles. The van der Waals surface area contributed by atoms with E-state index in [0.717, 1.165) is 0 Å². The monoisotopic (exact) mass is 178 g/mol. The molecule has 1 heteroatoms. The fourth-order valence-electron chi connectivity index (χ4n) is 1.87. The molecular formula is C12H18O. The van der Waals surface area contributed by atoms with Crippen LogP contribution in [0.15, 0.2) is 24.3 Å². The van der Waals surface area contributed by atoms with Crippen LogP contribution < -0.4 is 0 Å². The summed E-state index contributed by atoms with van der Waals surface area (Å²) >= 11 is 0. The number of fused-ring (bicyclic) bond motifs is 1. The summed E-state index contributed by atoms with van der Waals surface area (Å²) in [4.78, 5) is 0. The van der Waals surface area contributed by atoms with Crippen molar-refractivity contribution in [1.29, 1.82) is 0 Å². The fourth-order valence-corrected chi connectivity index (χ4v) is 1.87. The molecule has 2 atom stereocenters. The lowest BCUT2D eigenvalue weighted by atomic mass is 10.1. The van der Waals surface area contributed by atoms with Gasteiger partial charge in [-0.3, -0.25) is 0 Å². The van der Waals surface area contributed by atoms with Gasteiger partial charge >= 0.3 is 0 Å². The zero-order valence-electron chi connectivity index (χ0n) is 8.11. The van der Waals surface area contributed by atoms with Gasteiger partial charge in [0.15, 0.2) is 0 Å². The first-order chi connectivity index (χ1) is 6.47. The maximum atomic E-state index is 5.56. The number of allylic oxidation sites excluding steroid dienone is 4. The molecule has 1 aliphatic heterocycles. The van der Waals surface area contributed by atoms with E-state index in [1.54, 1.807) is 0 Å². The largest absolute Gasteiger partial charge is 0.370 e. The molecule has 1 heterocycles. The lowest BCUT2D eigenvalue weighted by Crippen LogP contribution is -1.93. The smallest absolute Gasteiger partial charge is 0.0845 e. The topological polar surface area (TPSA) is 12.5 Å². The third-order valence-corrected chi connectivity index (χ3v) is 2.76. The lowest BCUT2D eigenvalue weighted by molar-refractivity contribution is 0.357. The second-order valence-electron chi connectivity index (χ2n) is 3.89. The highest BCUT2D eigenvalue weighted by atomic mass is 16.6. The molecule has 2 aliphatic rings. The van der Waals surface area contributed by atoms with E-state index in [0.29, 0.717) is 12.2 Å². The Morgan fingerprint density at radius 3 is 1.69 bits per heavy atom. The molecule has 0 unspecified atom stereocenters. The van der Waals surface area contributed by atoms with E-state index < -0.39 is 0 Å². The molecule has 72 valence electrons. The highest BCUT2D eigenvalue weighted by Gasteiger charge is 2.36. The molecule has 13 heavy (non-hydrogen) atoms. The van der Waals surface area contributed by atoms with Crippen molar-refractivity contribution in [2.75, 3.05) is 0 Å². The molecular weight excluding hydrogens is 160 g/mol. The zero-order valence-corrected chi connectivity index (χ0v) is 8.11. The van der Waals surface area contributed by atoms with Crippen molar-refractivity contribution in [3.05, 3.63) is 24.3 Å². The van der Waals surface area contributed by atoms with Gasteiger partial charge in [-0.1, -0.05) is 24.3 Å². The van der Waals surface area contributed by atoms with Gasteiger partial charge in [-0.25, -0.2) is 0 Å². The Morgan fingerprint density at radius 2 is 1.15 bits per heavy atom. The van der Waals surface area contributed by atoms with E-state index in [2.05, 4.69) is 24.3 Å². The van der Waals surface area contributed by atoms with Crippen LogP contribution in [0.3, 0.4) is 0 Å². The first-order valence-electron chi connectivity index (χ1n) is 5.42. The second-order valence-corrected chi connectivity index (χ2v) is 3.89. The van der Waals surface area contributed by atoms with Crippen LogP contribution in [0.5, 0.6) is 0 Å². The molecule has 2 rings (SSSR count). The van der Waals surface area contributed by atoms with E-state index in [1.807, 2.05) is 0 Å². The van der Waals surface area contributed by atoms with Crippen molar-refractivity contribution in [3.63, 3.8) is 0 Å². The van der Waals surface area contributed by atoms with Crippen LogP contribution in [0.2, 0.25) is 0 Å². The Hall–Kier alpha value is -0.560. The highest BCUT2D eigenvalue weighted by Crippen LogP contribution is 2.30. The predicted octanol–water partition coefficient (Wildman–Crippen LogP) is 3.22. The predicted molar refractivity (Wildman–Crippen MR) is 54.6 cm³/mol. The van der Waals surface area contributed by atoms with Gasteiger partial charge in [-0.15, -0.1) is 0 Å². The molecule has 0 bridgehead atoms. The maximum Gasteiger partial charge on any atom is 0.0845 e. The van der Waals surface area contributed by atoms with Crippen LogP contribution in [0.4, 0.5) is 0 Å². The molecule has 0 N–H and O–H groups in total. The molecule has 0 aromatic rings. The Balaban J connectivity index is 1.80. The third-order valence-electron chi connectivity index (χ3n) is 2.76. The minimum atomic E-state index is 0.581. The average Bonchev–Trinajstić information content (AvgIpc) is 2.83. The average molecular weight is 178 g/mol. The minimum absolute atomic E-state index is 0.581. The van der Waals surface area contributed by atoms with Gasteiger partial charge in [0.2, 0.25) is 0 Å². The quantitative estimate of drug-likeness (QED) is 0.410. The Bertz CT molecular complexity index is 183. The summed E-state index contributed by atoms with van der Waals surface area (Å²) in [5.74, 6) is 0. The first-order valence-corrected chi connectivity index (χ1v) is 5.42. The maximum absolute atomic E-state index is 5.56. The molecule has 0 spiro atoms. The standard InChI is InChI=1S/C12H18O/c1-2-4-6-8-10-12-11(13-12)9-7-5-3-1/h3-6,11-12H,1-2,7-10H2/b5-3+,6-4?/t11-,12-/m0/s1. The van der Waals surface area contributed by atoms with E-state index in [4.69, 9.17) is 4.74 Å². The summed E-state index contributed by atoms with van der Waals surface area (Å²) in [5, 5.41) is 0. The summed E-state index contributed by atoms with van der Waals surface area (Å²) in [7, 11) is 0. The normalized spacial score (nSPS) is 36.9. The van der Waals surface area contributed by atoms with Crippen LogP contribution in [0.25, 0.3) is 0 Å². The molecule has 1 aliphatic carbocycles. The molecule has 0 aromatic heterocycles. The van der Waals surface area contributed by atoms with Crippen molar-refractivity contribution in [2.24, 2.45) is 0 Å². The lowest BCUT2D eigenvalue weighted by Gasteiger charge is -1.94. The number of ether oxygens (including phenoxy) is 1. The van der Waals surface area contributed by atoms with Gasteiger partial charge in [-0.05, 0) is 38.5 Å². The summed E-state index contributed by atoms with van der Waals surface area (Å²) < 4.78 is 5.56. The second kappa shape index (κ2) is 4.61. The molecule has 0 saturated carbocycles. The number of epoxide rings is 1. The third kappa shape index (κ3) is 3.00. The van der Waals surface area contributed by atoms with Crippen molar-refractivity contribution in [3.8, 4) is 0 Å². The van der Waals surface area contributed by atoms with Gasteiger partial charge in [-0.2, -0.15) is 0 Å². The summed E-state index contributed by atoms with van der Waals surface area (Å²) in [6.07, 6.45) is 17.6. The molecule has 1 saturated heterocycles. The van der Waals surface area contributed by atoms with Gasteiger partial charge in [0.25, 0.3) is 0 Å². The number of hydrogen-bond acceptors (Lipinski definition) is 1. The van der Waals surface area contributed by atoms with Crippen LogP contribution >= 0.6 is 0 Å². The fraction of sp³-hybridized carbons (Fsp3) is 0.667. The van der Waals surface area contributed by atoms with Crippen LogP contribution in [0, 0.1) is 0 Å². The van der Waals surface area contributed by atoms with Gasteiger partial charge in [0.05, 0.1) is 12.2 Å². The zero-order chi connectivity index (χ0) is 8.93. The van der Waals surface area contributed by atoms with E-state index in [-0.39, 0.29) is 0 Å². The van der Waals surface area contributed by atoms with Gasteiger partial charge in [0, 0.05) is 0 Å². The van der Waals surface area contributed by atoms with E-state index >= 15 is 0 Å². The van der Waals surface area contributed by atoms with E-state index in [9.17, 15) is 0 Å². The molecule has 0 radical (unpaired) electrons. The van der Waals surface area contributed by atoms with Crippen LogP contribution in [0.1, 0.15) is 38.5 Å². The highest BCUT2D eigenvalue weighted by molar-refractivity contribution is 4.94. The van der Waals surface area contributed by atoms with Crippen molar-refractivity contribution in [1.82, 2.24) is 0 Å². The summed E-state index contributed by atoms with van der Waals surface area (Å²) in [6, 6.07) is 0. The number of hydrogen-bond donors (Lipinski definition) is 0. The van der Waals surface area contributed by atoms with Crippen LogP contribution in [-0.4, -0.2) is 12.2 Å². The molecule has 0 amide bonds. The SMILES string of the molecule is C1=CCC[C@@H]2O[C@H]2CC/C=C/CC1. The Kier molecular flexibility index (Phi) is 3.20. The minimum Gasteiger partial charge on any atom is -0.370 e. The van der Waals surface area contributed by atoms with Crippen LogP contribution in [-0.2, 0) is 4.74 Å². The Morgan fingerprint density at radius 1 is 0.692 bits per heavy atom. The van der Waals surface area contributed by atoms with Crippen molar-refractivity contribution in [2.45, 2.75) is 50.7 Å². The van der Waals surface area contributed by atoms with E-state index in [1.165, 1.54) is 38.5 Å².